The van der Waals surface area contributed by atoms with Gasteiger partial charge in [0.15, 0.2) is 5.36 Å². The predicted molar refractivity (Wildman–Crippen MR) is 131 cm³/mol. The average Bonchev–Trinajstić information content (AvgIpc) is 2.82. The Morgan fingerprint density at radius 1 is 0.730 bits per heavy atom. The molecule has 4 aromatic rings. The molecule has 0 aromatic heterocycles. The first-order valence-corrected chi connectivity index (χ1v) is 13.0. The minimum absolute atomic E-state index is 0.146. The van der Waals surface area contributed by atoms with E-state index in [4.69, 9.17) is 0 Å². The average molecular weight is 545 g/mol. The Labute approximate surface area is 207 Å². The number of fused-ring (bicyclic) bond motifs is 1. The Hall–Kier alpha value is -4.44. The summed E-state index contributed by atoms with van der Waals surface area (Å²) >= 11 is 0. The molecule has 0 saturated heterocycles. The highest BCUT2D eigenvalue weighted by molar-refractivity contribution is 7.86. The van der Waals surface area contributed by atoms with Crippen LogP contribution in [0.15, 0.2) is 96.3 Å². The van der Waals surface area contributed by atoms with Gasteiger partial charge in [-0.2, -0.15) is 27.0 Å². The first-order valence-electron chi connectivity index (χ1n) is 10.1. The maximum atomic E-state index is 12.8. The highest BCUT2D eigenvalue weighted by atomic mass is 32.2. The Balaban J connectivity index is 1.87. The number of aromatic hydroxyl groups is 1. The summed E-state index contributed by atoms with van der Waals surface area (Å²) in [5.74, 6) is -0.690. The molecule has 0 radical (unpaired) electrons. The molecule has 0 saturated carbocycles. The Morgan fingerprint density at radius 3 is 1.97 bits per heavy atom. The molecule has 0 amide bonds. The van der Waals surface area contributed by atoms with Gasteiger partial charge in [-0.25, -0.2) is 0 Å². The quantitative estimate of drug-likeness (QED) is 0.166. The fourth-order valence-corrected chi connectivity index (χ4v) is 4.39. The minimum Gasteiger partial charge on any atom is -0.507 e. The lowest BCUT2D eigenvalue weighted by Crippen LogP contribution is -2.47. The monoisotopic (exact) mass is 544 g/mol. The van der Waals surface area contributed by atoms with E-state index in [9.17, 15) is 40.6 Å². The summed E-state index contributed by atoms with van der Waals surface area (Å²) in [7, 11) is -9.59. The summed E-state index contributed by atoms with van der Waals surface area (Å²) in [5.41, 5.74) is 3.66. The number of nitrogens with one attached hydrogen (secondary N) is 2. The number of anilines is 2. The van der Waals surface area contributed by atoms with Crippen molar-refractivity contribution in [2.45, 2.75) is 9.79 Å². The van der Waals surface area contributed by atoms with Gasteiger partial charge in [-0.1, -0.05) is 18.2 Å². The minimum atomic E-state index is -4.82. The van der Waals surface area contributed by atoms with E-state index in [1.165, 1.54) is 0 Å². The van der Waals surface area contributed by atoms with Crippen molar-refractivity contribution in [3.63, 3.8) is 0 Å². The highest BCUT2D eigenvalue weighted by Crippen LogP contribution is 2.36. The van der Waals surface area contributed by atoms with Crippen molar-refractivity contribution in [1.82, 2.24) is 0 Å². The summed E-state index contributed by atoms with van der Waals surface area (Å²) in [4.78, 5) is 23.5. The number of phenolic OH excluding ortho intramolecular Hbond substituents is 1. The van der Waals surface area contributed by atoms with Crippen LogP contribution >= 0.6 is 0 Å². The van der Waals surface area contributed by atoms with E-state index in [-0.39, 0.29) is 21.8 Å². The third-order valence-corrected chi connectivity index (χ3v) is 6.67. The van der Waals surface area contributed by atoms with Gasteiger partial charge >= 0.3 is 0 Å². The molecule has 0 bridgehead atoms. The van der Waals surface area contributed by atoms with Crippen molar-refractivity contribution < 1.29 is 31.0 Å². The van der Waals surface area contributed by atoms with Gasteiger partial charge in [-0.05, 0) is 47.9 Å². The van der Waals surface area contributed by atoms with Gasteiger partial charge in [0, 0.05) is 11.5 Å². The fraction of sp³-hybridized carbons (Fsp3) is 0. The van der Waals surface area contributed by atoms with Crippen molar-refractivity contribution in [2.75, 3.05) is 10.9 Å². The van der Waals surface area contributed by atoms with Crippen molar-refractivity contribution in [3.8, 4) is 5.75 Å². The number of nitrogens with zero attached hydrogens (tertiary/aromatic N) is 2. The van der Waals surface area contributed by atoms with Crippen LogP contribution in [0, 0.1) is 0 Å². The van der Waals surface area contributed by atoms with Gasteiger partial charge in [0.05, 0.1) is 21.2 Å². The third kappa shape index (κ3) is 5.54. The van der Waals surface area contributed by atoms with Crippen LogP contribution in [0.1, 0.15) is 0 Å². The third-order valence-electron chi connectivity index (χ3n) is 5.01. The summed E-state index contributed by atoms with van der Waals surface area (Å²) in [6.45, 7) is 0. The zero-order valence-corrected chi connectivity index (χ0v) is 20.0. The molecule has 37 heavy (non-hydrogen) atoms. The second-order valence-corrected chi connectivity index (χ2v) is 10.4. The van der Waals surface area contributed by atoms with E-state index >= 15 is 0 Å². The van der Waals surface area contributed by atoms with E-state index in [2.05, 4.69) is 21.1 Å². The van der Waals surface area contributed by atoms with E-state index < -0.39 is 52.0 Å². The van der Waals surface area contributed by atoms with Gasteiger partial charge in [0.2, 0.25) is 10.9 Å². The summed E-state index contributed by atoms with van der Waals surface area (Å²) in [6.07, 6.45) is 0. The maximum Gasteiger partial charge on any atom is 0.294 e. The molecule has 0 aliphatic carbocycles. The van der Waals surface area contributed by atoms with Gasteiger partial charge in [-0.3, -0.25) is 29.5 Å². The van der Waals surface area contributed by atoms with Crippen molar-refractivity contribution in [3.05, 3.63) is 97.9 Å². The molecule has 0 heterocycles. The first-order chi connectivity index (χ1) is 17.3. The van der Waals surface area contributed by atoms with Gasteiger partial charge < -0.3 is 5.11 Å². The van der Waals surface area contributed by atoms with Crippen LogP contribution in [0.5, 0.6) is 5.75 Å². The molecule has 190 valence electrons. The number of benzene rings is 4. The number of hydrogen-bond donors (Lipinski definition) is 5. The number of para-hydroxylation sites is 1. The Bertz CT molecular complexity index is 1980. The number of phenols is 1. The first kappa shape index (κ1) is 25.6. The molecule has 4 rings (SSSR count). The zero-order valence-electron chi connectivity index (χ0n) is 18.4. The molecule has 0 atom stereocenters. The zero-order chi connectivity index (χ0) is 27.0. The lowest BCUT2D eigenvalue weighted by Gasteiger charge is -2.11. The molecule has 5 N–H and O–H groups in total. The Kier molecular flexibility index (Phi) is 6.62. The summed E-state index contributed by atoms with van der Waals surface area (Å²) in [5, 5.41) is 17.0. The number of rotatable bonds is 6. The van der Waals surface area contributed by atoms with E-state index in [1.54, 1.807) is 30.3 Å². The standard InChI is InChI=1S/C22H16N4O9S2/c27-18-7-6-16(22(29)21(18)26-23-13-4-2-1-3-5-13)24-25-17-10-14(36(30,31)32)8-12-9-15(37(33,34)35)11-19(28)20(12)17/h1-11,23,25,28H,(H,30,31,32)(H,33,34,35). The number of hydrogen-bond acceptors (Lipinski definition) is 11. The van der Waals surface area contributed by atoms with Crippen LogP contribution in [-0.2, 0) is 20.2 Å². The maximum absolute atomic E-state index is 12.8. The molecular weight excluding hydrogens is 528 g/mol. The molecular formula is C22H16N4O9S2. The largest absolute Gasteiger partial charge is 0.507 e. The molecule has 15 heteroatoms. The fourth-order valence-electron chi connectivity index (χ4n) is 3.31. The van der Waals surface area contributed by atoms with Crippen molar-refractivity contribution >= 4 is 42.4 Å². The predicted octanol–water partition coefficient (Wildman–Crippen LogP) is 0.490. The van der Waals surface area contributed by atoms with Crippen LogP contribution < -0.4 is 32.4 Å². The molecule has 4 aromatic carbocycles. The lowest BCUT2D eigenvalue weighted by molar-refractivity contribution is 0.471. The van der Waals surface area contributed by atoms with Crippen molar-refractivity contribution in [1.29, 1.82) is 0 Å². The van der Waals surface area contributed by atoms with E-state index in [1.807, 2.05) is 0 Å². The van der Waals surface area contributed by atoms with Crippen LogP contribution in [0.4, 0.5) is 11.4 Å². The molecule has 0 aliphatic rings. The van der Waals surface area contributed by atoms with Gasteiger partial charge in [0.1, 0.15) is 11.1 Å². The highest BCUT2D eigenvalue weighted by Gasteiger charge is 2.19. The molecule has 0 aliphatic heterocycles. The topological polar surface area (TPSA) is 212 Å². The molecule has 0 unspecified atom stereocenters. The second kappa shape index (κ2) is 9.55. The van der Waals surface area contributed by atoms with E-state index in [0.29, 0.717) is 11.8 Å². The molecule has 0 spiro atoms. The smallest absolute Gasteiger partial charge is 0.294 e. The van der Waals surface area contributed by atoms with Crippen LogP contribution in [0.3, 0.4) is 0 Å². The second-order valence-electron chi connectivity index (χ2n) is 7.54. The summed E-state index contributed by atoms with van der Waals surface area (Å²) in [6, 6.07) is 13.9. The lowest BCUT2D eigenvalue weighted by atomic mass is 10.1. The van der Waals surface area contributed by atoms with Gasteiger partial charge in [0.25, 0.3) is 20.2 Å². The Morgan fingerprint density at radius 2 is 1.35 bits per heavy atom. The SMILES string of the molecule is O=c1ccc(=NNc2cc(S(=O)(=O)O)cc3cc(S(=O)(=O)O)cc(O)c23)c(=O)c1=NNc1ccccc1. The molecule has 13 nitrogen and oxygen atoms in total. The van der Waals surface area contributed by atoms with Crippen LogP contribution in [0.2, 0.25) is 0 Å². The molecule has 0 fully saturated rings. The van der Waals surface area contributed by atoms with Crippen LogP contribution in [0.25, 0.3) is 10.8 Å². The van der Waals surface area contributed by atoms with Gasteiger partial charge in [-0.15, -0.1) is 0 Å². The van der Waals surface area contributed by atoms with Crippen molar-refractivity contribution in [2.24, 2.45) is 10.2 Å². The normalized spacial score (nSPS) is 13.1. The summed E-state index contributed by atoms with van der Waals surface area (Å²) < 4.78 is 65.4. The van der Waals surface area contributed by atoms with E-state index in [0.717, 1.165) is 30.3 Å². The van der Waals surface area contributed by atoms with Crippen LogP contribution in [-0.4, -0.2) is 31.0 Å².